The molecular weight excluding hydrogens is 412 g/mol. The number of thioether (sulfide) groups is 1. The van der Waals surface area contributed by atoms with Crippen LogP contribution in [0.25, 0.3) is 17.1 Å². The van der Waals surface area contributed by atoms with Gasteiger partial charge in [0.1, 0.15) is 5.75 Å². The zero-order valence-corrected chi connectivity index (χ0v) is 17.0. The Balaban J connectivity index is 1.50. The highest BCUT2D eigenvalue weighted by Crippen LogP contribution is 2.33. The Morgan fingerprint density at radius 2 is 1.32 bits per heavy atom. The quantitative estimate of drug-likeness (QED) is 0.382. The van der Waals surface area contributed by atoms with Gasteiger partial charge in [0, 0.05) is 5.69 Å². The number of aromatic nitrogens is 3. The van der Waals surface area contributed by atoms with Crippen LogP contribution in [0.4, 0.5) is 0 Å². The van der Waals surface area contributed by atoms with Gasteiger partial charge in [-0.1, -0.05) is 54.2 Å². The third kappa shape index (κ3) is 3.27. The molecule has 0 spiro atoms. The van der Waals surface area contributed by atoms with Crippen molar-refractivity contribution in [3.63, 3.8) is 0 Å². The summed E-state index contributed by atoms with van der Waals surface area (Å²) in [7, 11) is 0. The van der Waals surface area contributed by atoms with Gasteiger partial charge in [-0.2, -0.15) is 0 Å². The first-order chi connectivity index (χ1) is 15.1. The standard InChI is InChI=1S/C23H16N4O3S/c28-19-13-7-6-12-18(19)20-24-25-23(27(20)15-8-2-1-3-9-15)31-14-26-21(29)16-10-4-5-11-17(16)22(26)30/h1-13,28H,14H2. The molecule has 31 heavy (non-hydrogen) atoms. The summed E-state index contributed by atoms with van der Waals surface area (Å²) >= 11 is 1.23. The normalized spacial score (nSPS) is 13.0. The summed E-state index contributed by atoms with van der Waals surface area (Å²) in [5.41, 5.74) is 2.15. The zero-order valence-electron chi connectivity index (χ0n) is 16.2. The number of hydrogen-bond donors (Lipinski definition) is 1. The summed E-state index contributed by atoms with van der Waals surface area (Å²) in [6.07, 6.45) is 0. The van der Waals surface area contributed by atoms with Gasteiger partial charge in [0.15, 0.2) is 11.0 Å². The number of benzene rings is 3. The van der Waals surface area contributed by atoms with E-state index in [9.17, 15) is 14.7 Å². The predicted octanol–water partition coefficient (Wildman–Crippen LogP) is 3.99. The number of phenolic OH excluding ortho intramolecular Hbond substituents is 1. The highest BCUT2D eigenvalue weighted by molar-refractivity contribution is 7.99. The Labute approximate surface area is 182 Å². The molecule has 8 heteroatoms. The maximum Gasteiger partial charge on any atom is 0.262 e. The highest BCUT2D eigenvalue weighted by atomic mass is 32.2. The van der Waals surface area contributed by atoms with Gasteiger partial charge >= 0.3 is 0 Å². The molecule has 0 atom stereocenters. The molecule has 0 fully saturated rings. The van der Waals surface area contributed by atoms with Crippen molar-refractivity contribution in [3.8, 4) is 22.8 Å². The fourth-order valence-electron chi connectivity index (χ4n) is 3.49. The van der Waals surface area contributed by atoms with E-state index in [0.29, 0.717) is 27.7 Å². The molecule has 1 aromatic heterocycles. The largest absolute Gasteiger partial charge is 0.507 e. The first kappa shape index (κ1) is 19.1. The number of carbonyl (C=O) groups is 2. The van der Waals surface area contributed by atoms with E-state index in [4.69, 9.17) is 0 Å². The first-order valence-corrected chi connectivity index (χ1v) is 10.5. The molecule has 1 N–H and O–H groups in total. The van der Waals surface area contributed by atoms with E-state index in [-0.39, 0.29) is 23.4 Å². The number of amides is 2. The Kier molecular flexibility index (Phi) is 4.76. The Bertz CT molecular complexity index is 1270. The molecule has 0 aliphatic carbocycles. The van der Waals surface area contributed by atoms with Gasteiger partial charge < -0.3 is 5.11 Å². The predicted molar refractivity (Wildman–Crippen MR) is 116 cm³/mol. The molecule has 3 aromatic carbocycles. The minimum Gasteiger partial charge on any atom is -0.507 e. The van der Waals surface area contributed by atoms with Crippen LogP contribution in [0, 0.1) is 0 Å². The van der Waals surface area contributed by atoms with Crippen molar-refractivity contribution in [3.05, 3.63) is 90.0 Å². The lowest BCUT2D eigenvalue weighted by atomic mass is 10.1. The lowest BCUT2D eigenvalue weighted by molar-refractivity contribution is 0.0684. The maximum absolute atomic E-state index is 12.7. The molecule has 2 heterocycles. The van der Waals surface area contributed by atoms with Crippen LogP contribution in [-0.2, 0) is 0 Å². The van der Waals surface area contributed by atoms with Crippen LogP contribution in [0.1, 0.15) is 20.7 Å². The van der Waals surface area contributed by atoms with Crippen LogP contribution in [0.2, 0.25) is 0 Å². The van der Waals surface area contributed by atoms with Gasteiger partial charge in [0.25, 0.3) is 11.8 Å². The summed E-state index contributed by atoms with van der Waals surface area (Å²) < 4.78 is 1.80. The number of carbonyl (C=O) groups excluding carboxylic acids is 2. The van der Waals surface area contributed by atoms with Crippen molar-refractivity contribution in [1.29, 1.82) is 0 Å². The van der Waals surface area contributed by atoms with Gasteiger partial charge in [0.2, 0.25) is 0 Å². The Morgan fingerprint density at radius 3 is 1.97 bits per heavy atom. The smallest absolute Gasteiger partial charge is 0.262 e. The Morgan fingerprint density at radius 1 is 0.742 bits per heavy atom. The molecule has 5 rings (SSSR count). The number of imide groups is 1. The van der Waals surface area contributed by atoms with E-state index in [2.05, 4.69) is 10.2 Å². The van der Waals surface area contributed by atoms with Crippen LogP contribution >= 0.6 is 11.8 Å². The second-order valence-electron chi connectivity index (χ2n) is 6.85. The maximum atomic E-state index is 12.7. The molecular formula is C23H16N4O3S. The molecule has 0 radical (unpaired) electrons. The Hall–Kier alpha value is -3.91. The summed E-state index contributed by atoms with van der Waals surface area (Å²) in [5.74, 6) is 0.00990. The molecule has 1 aliphatic heterocycles. The third-order valence-electron chi connectivity index (χ3n) is 4.99. The van der Waals surface area contributed by atoms with E-state index < -0.39 is 0 Å². The summed E-state index contributed by atoms with van der Waals surface area (Å²) in [6.45, 7) is 0. The molecule has 0 bridgehead atoms. The van der Waals surface area contributed by atoms with Crippen molar-refractivity contribution in [2.75, 3.05) is 5.88 Å². The van der Waals surface area contributed by atoms with E-state index in [0.717, 1.165) is 5.69 Å². The SMILES string of the molecule is O=C1c2ccccc2C(=O)N1CSc1nnc(-c2ccccc2O)n1-c1ccccc1. The average Bonchev–Trinajstić information content (AvgIpc) is 3.33. The van der Waals surface area contributed by atoms with Crippen LogP contribution < -0.4 is 0 Å². The number of nitrogens with zero attached hydrogens (tertiary/aromatic N) is 4. The molecule has 152 valence electrons. The molecule has 0 saturated heterocycles. The number of phenols is 1. The minimum absolute atomic E-state index is 0.0870. The first-order valence-electron chi connectivity index (χ1n) is 9.52. The van der Waals surface area contributed by atoms with Crippen molar-refractivity contribution in [1.82, 2.24) is 19.7 Å². The average molecular weight is 428 g/mol. The van der Waals surface area contributed by atoms with Gasteiger partial charge in [-0.15, -0.1) is 10.2 Å². The molecule has 1 aliphatic rings. The van der Waals surface area contributed by atoms with Gasteiger partial charge in [-0.05, 0) is 36.4 Å². The fourth-order valence-corrected chi connectivity index (χ4v) is 4.39. The molecule has 4 aromatic rings. The summed E-state index contributed by atoms with van der Waals surface area (Å²) in [5, 5.41) is 19.4. The van der Waals surface area contributed by atoms with Crippen molar-refractivity contribution >= 4 is 23.6 Å². The third-order valence-corrected chi connectivity index (χ3v) is 5.90. The van der Waals surface area contributed by atoms with Crippen molar-refractivity contribution in [2.45, 2.75) is 5.16 Å². The molecule has 0 saturated carbocycles. The van der Waals surface area contributed by atoms with Gasteiger partial charge in [-0.3, -0.25) is 19.1 Å². The zero-order chi connectivity index (χ0) is 21.4. The number of hydrogen-bond acceptors (Lipinski definition) is 6. The van der Waals surface area contributed by atoms with Crippen molar-refractivity contribution < 1.29 is 14.7 Å². The number of fused-ring (bicyclic) bond motifs is 1. The molecule has 7 nitrogen and oxygen atoms in total. The topological polar surface area (TPSA) is 88.3 Å². The van der Waals surface area contributed by atoms with Crippen LogP contribution in [0.15, 0.2) is 84.0 Å². The number of rotatable bonds is 5. The van der Waals surface area contributed by atoms with E-state index in [1.807, 2.05) is 36.4 Å². The monoisotopic (exact) mass is 428 g/mol. The highest BCUT2D eigenvalue weighted by Gasteiger charge is 2.35. The van der Waals surface area contributed by atoms with E-state index in [1.54, 1.807) is 47.0 Å². The number of para-hydroxylation sites is 2. The lowest BCUT2D eigenvalue weighted by Crippen LogP contribution is -2.29. The summed E-state index contributed by atoms with van der Waals surface area (Å²) in [6, 6.07) is 23.2. The van der Waals surface area contributed by atoms with Crippen LogP contribution in [-0.4, -0.2) is 42.5 Å². The lowest BCUT2D eigenvalue weighted by Gasteiger charge is -2.14. The van der Waals surface area contributed by atoms with Gasteiger partial charge in [-0.25, -0.2) is 0 Å². The minimum atomic E-state index is -0.320. The van der Waals surface area contributed by atoms with Crippen molar-refractivity contribution in [2.24, 2.45) is 0 Å². The van der Waals surface area contributed by atoms with Crippen LogP contribution in [0.5, 0.6) is 5.75 Å². The number of aromatic hydroxyl groups is 1. The van der Waals surface area contributed by atoms with Crippen LogP contribution in [0.3, 0.4) is 0 Å². The molecule has 0 unspecified atom stereocenters. The summed E-state index contributed by atoms with van der Waals surface area (Å²) in [4.78, 5) is 26.5. The molecule has 2 amide bonds. The van der Waals surface area contributed by atoms with E-state index in [1.165, 1.54) is 16.7 Å². The second-order valence-corrected chi connectivity index (χ2v) is 7.76. The van der Waals surface area contributed by atoms with Gasteiger partial charge in [0.05, 0.1) is 22.6 Å². The second kappa shape index (κ2) is 7.73. The van der Waals surface area contributed by atoms with E-state index >= 15 is 0 Å². The fraction of sp³-hybridized carbons (Fsp3) is 0.0435.